The van der Waals surface area contributed by atoms with Gasteiger partial charge in [-0.1, -0.05) is 28.8 Å². The quantitative estimate of drug-likeness (QED) is 0.650. The van der Waals surface area contributed by atoms with Gasteiger partial charge in [-0.15, -0.1) is 5.10 Å². The predicted molar refractivity (Wildman–Crippen MR) is 100 cm³/mol. The van der Waals surface area contributed by atoms with Crippen LogP contribution in [0.5, 0.6) is 0 Å². The highest BCUT2D eigenvalue weighted by molar-refractivity contribution is 6.30. The number of aliphatic imine (C=N–C) groups is 1. The number of hydrogen-bond donors (Lipinski definition) is 1. The van der Waals surface area contributed by atoms with E-state index < -0.39 is 18.1 Å². The minimum Gasteiger partial charge on any atom is -0.411 e. The number of esters is 1. The Morgan fingerprint density at radius 3 is 2.46 bits per heavy atom. The Morgan fingerprint density at radius 2 is 1.82 bits per heavy atom. The van der Waals surface area contributed by atoms with E-state index in [0.29, 0.717) is 16.1 Å². The lowest BCUT2D eigenvalue weighted by Crippen LogP contribution is -2.29. The molecule has 3 aromatic rings. The number of hydrogen-bond acceptors (Lipinski definition) is 7. The van der Waals surface area contributed by atoms with Crippen LogP contribution in [0.25, 0.3) is 11.5 Å². The molecule has 4 rings (SSSR count). The molecular formula is C19H14ClFN4O3. The number of ether oxygens (including phenoxy) is 1. The van der Waals surface area contributed by atoms with Crippen molar-refractivity contribution in [3.8, 4) is 11.5 Å². The van der Waals surface area contributed by atoms with Gasteiger partial charge in [0.2, 0.25) is 5.89 Å². The Hall–Kier alpha value is -3.26. The van der Waals surface area contributed by atoms with Crippen LogP contribution in [0, 0.1) is 5.82 Å². The summed E-state index contributed by atoms with van der Waals surface area (Å²) in [6.07, 6.45) is 0. The Labute approximate surface area is 164 Å². The van der Waals surface area contributed by atoms with Crippen molar-refractivity contribution in [2.45, 2.75) is 19.0 Å². The van der Waals surface area contributed by atoms with E-state index in [0.717, 1.165) is 0 Å². The molecule has 1 aliphatic heterocycles. The standard InChI is InChI=1S/C19H14ClFN4O3/c1-10-22-16(18(26)27-10)15(11-4-8-14(21)9-5-11)23-19-25-24-17(28-19)12-2-6-13(20)7-3-12/h2-9,15-16H,1H3,(H,23,25)/t15-,16+/m1/s1. The highest BCUT2D eigenvalue weighted by Gasteiger charge is 2.36. The summed E-state index contributed by atoms with van der Waals surface area (Å²) in [5.74, 6) is -0.363. The van der Waals surface area contributed by atoms with Crippen LogP contribution in [0.3, 0.4) is 0 Å². The third kappa shape index (κ3) is 3.72. The van der Waals surface area contributed by atoms with E-state index >= 15 is 0 Å². The summed E-state index contributed by atoms with van der Waals surface area (Å²) in [5, 5.41) is 11.6. The van der Waals surface area contributed by atoms with Crippen LogP contribution in [0.4, 0.5) is 10.4 Å². The highest BCUT2D eigenvalue weighted by Crippen LogP contribution is 2.29. The summed E-state index contributed by atoms with van der Waals surface area (Å²) >= 11 is 5.89. The first kappa shape index (κ1) is 18.1. The SMILES string of the molecule is CC1=N[C@@H]([C@H](Nc2nnc(-c3ccc(Cl)cc3)o2)c2ccc(F)cc2)C(=O)O1. The van der Waals surface area contributed by atoms with Gasteiger partial charge in [0.25, 0.3) is 0 Å². The first-order valence-corrected chi connectivity index (χ1v) is 8.75. The van der Waals surface area contributed by atoms with E-state index in [2.05, 4.69) is 20.5 Å². The number of nitrogens with one attached hydrogen (secondary N) is 1. The number of benzene rings is 2. The van der Waals surface area contributed by atoms with Gasteiger partial charge in [0.15, 0.2) is 11.9 Å². The molecular weight excluding hydrogens is 387 g/mol. The van der Waals surface area contributed by atoms with E-state index in [4.69, 9.17) is 20.8 Å². The predicted octanol–water partition coefficient (Wildman–Crippen LogP) is 4.03. The van der Waals surface area contributed by atoms with Crippen molar-refractivity contribution in [2.75, 3.05) is 5.32 Å². The normalized spacial score (nSPS) is 17.2. The lowest BCUT2D eigenvalue weighted by Gasteiger charge is -2.20. The molecule has 0 aliphatic carbocycles. The van der Waals surface area contributed by atoms with Crippen molar-refractivity contribution in [1.29, 1.82) is 0 Å². The van der Waals surface area contributed by atoms with Crippen molar-refractivity contribution in [3.05, 3.63) is 64.9 Å². The maximum atomic E-state index is 13.3. The minimum atomic E-state index is -0.864. The molecule has 0 fully saturated rings. The van der Waals surface area contributed by atoms with Crippen molar-refractivity contribution in [2.24, 2.45) is 4.99 Å². The molecule has 0 amide bonds. The molecule has 0 saturated carbocycles. The molecule has 28 heavy (non-hydrogen) atoms. The second kappa shape index (κ2) is 7.40. The number of aromatic nitrogens is 2. The molecule has 9 heteroatoms. The first-order valence-electron chi connectivity index (χ1n) is 8.37. The van der Waals surface area contributed by atoms with Gasteiger partial charge < -0.3 is 14.5 Å². The first-order chi connectivity index (χ1) is 13.5. The summed E-state index contributed by atoms with van der Waals surface area (Å²) in [6.45, 7) is 1.59. The van der Waals surface area contributed by atoms with Crippen LogP contribution in [0.15, 0.2) is 57.9 Å². The number of halogens is 2. The number of carbonyl (C=O) groups excluding carboxylic acids is 1. The second-order valence-electron chi connectivity index (χ2n) is 6.11. The zero-order chi connectivity index (χ0) is 19.7. The molecule has 2 aromatic carbocycles. The Balaban J connectivity index is 1.63. The lowest BCUT2D eigenvalue weighted by molar-refractivity contribution is -0.135. The van der Waals surface area contributed by atoms with Crippen molar-refractivity contribution >= 4 is 29.5 Å². The maximum absolute atomic E-state index is 13.3. The van der Waals surface area contributed by atoms with Crippen LogP contribution in [0.1, 0.15) is 18.5 Å². The molecule has 7 nitrogen and oxygen atoms in total. The molecule has 0 bridgehead atoms. The van der Waals surface area contributed by atoms with Gasteiger partial charge in [0.1, 0.15) is 5.82 Å². The third-order valence-electron chi connectivity index (χ3n) is 4.15. The molecule has 0 saturated heterocycles. The van der Waals surface area contributed by atoms with Crippen LogP contribution in [-0.4, -0.2) is 28.1 Å². The van der Waals surface area contributed by atoms with E-state index in [1.807, 2.05) is 0 Å². The fraction of sp³-hybridized carbons (Fsp3) is 0.158. The summed E-state index contributed by atoms with van der Waals surface area (Å²) in [4.78, 5) is 16.4. The van der Waals surface area contributed by atoms with Gasteiger partial charge in [0.05, 0.1) is 6.04 Å². The van der Waals surface area contributed by atoms with Gasteiger partial charge in [-0.2, -0.15) is 0 Å². The molecule has 1 aromatic heterocycles. The van der Waals surface area contributed by atoms with Gasteiger partial charge in [-0.05, 0) is 42.0 Å². The number of nitrogens with zero attached hydrogens (tertiary/aromatic N) is 3. The minimum absolute atomic E-state index is 0.0897. The number of carbonyl (C=O) groups is 1. The molecule has 1 N–H and O–H groups in total. The van der Waals surface area contributed by atoms with Gasteiger partial charge in [-0.25, -0.2) is 14.2 Å². The van der Waals surface area contributed by atoms with E-state index in [1.165, 1.54) is 12.1 Å². The smallest absolute Gasteiger partial charge is 0.339 e. The van der Waals surface area contributed by atoms with Gasteiger partial charge in [0, 0.05) is 17.5 Å². The number of cyclic esters (lactones) is 1. The van der Waals surface area contributed by atoms with Crippen LogP contribution >= 0.6 is 11.6 Å². The Morgan fingerprint density at radius 1 is 1.11 bits per heavy atom. The largest absolute Gasteiger partial charge is 0.411 e. The van der Waals surface area contributed by atoms with E-state index in [-0.39, 0.29) is 23.6 Å². The average Bonchev–Trinajstić information content (AvgIpc) is 3.27. The second-order valence-corrected chi connectivity index (χ2v) is 6.54. The van der Waals surface area contributed by atoms with Crippen molar-refractivity contribution < 1.29 is 18.3 Å². The molecule has 0 spiro atoms. The number of anilines is 1. The Kier molecular flexibility index (Phi) is 4.79. The summed E-state index contributed by atoms with van der Waals surface area (Å²) in [5.41, 5.74) is 1.31. The Bertz CT molecular complexity index is 1030. The zero-order valence-electron chi connectivity index (χ0n) is 14.6. The fourth-order valence-electron chi connectivity index (χ4n) is 2.83. The summed E-state index contributed by atoms with van der Waals surface area (Å²) in [6, 6.07) is 11.2. The van der Waals surface area contributed by atoms with Gasteiger partial charge in [-0.3, -0.25) is 0 Å². The zero-order valence-corrected chi connectivity index (χ0v) is 15.4. The van der Waals surface area contributed by atoms with Crippen LogP contribution in [0.2, 0.25) is 5.02 Å². The molecule has 2 heterocycles. The molecule has 0 radical (unpaired) electrons. The number of rotatable bonds is 5. The summed E-state index contributed by atoms with van der Waals surface area (Å²) in [7, 11) is 0. The molecule has 142 valence electrons. The van der Waals surface area contributed by atoms with Crippen LogP contribution in [-0.2, 0) is 9.53 Å². The maximum Gasteiger partial charge on any atom is 0.339 e. The molecule has 1 aliphatic rings. The van der Waals surface area contributed by atoms with Crippen molar-refractivity contribution in [1.82, 2.24) is 10.2 Å². The highest BCUT2D eigenvalue weighted by atomic mass is 35.5. The van der Waals surface area contributed by atoms with E-state index in [9.17, 15) is 9.18 Å². The molecule has 2 atom stereocenters. The fourth-order valence-corrected chi connectivity index (χ4v) is 2.96. The van der Waals surface area contributed by atoms with Crippen molar-refractivity contribution in [3.63, 3.8) is 0 Å². The van der Waals surface area contributed by atoms with Gasteiger partial charge >= 0.3 is 12.0 Å². The van der Waals surface area contributed by atoms with E-state index in [1.54, 1.807) is 43.3 Å². The third-order valence-corrected chi connectivity index (χ3v) is 4.40. The lowest BCUT2D eigenvalue weighted by atomic mass is 10.00. The molecule has 0 unspecified atom stereocenters. The summed E-state index contributed by atoms with van der Waals surface area (Å²) < 4.78 is 24.0. The topological polar surface area (TPSA) is 89.6 Å². The average molecular weight is 401 g/mol. The van der Waals surface area contributed by atoms with Crippen LogP contribution < -0.4 is 5.32 Å². The monoisotopic (exact) mass is 400 g/mol.